The maximum Gasteiger partial charge on any atom is 0.337 e. The lowest BCUT2D eigenvalue weighted by atomic mass is 9.68. The number of dihydropyridines is 1. The van der Waals surface area contributed by atoms with Crippen molar-refractivity contribution in [3.05, 3.63) is 50.4 Å². The van der Waals surface area contributed by atoms with Crippen LogP contribution in [0.4, 0.5) is 5.69 Å². The van der Waals surface area contributed by atoms with Gasteiger partial charge in [-0.2, -0.15) is 0 Å². The number of rotatable bonds is 5. The van der Waals surface area contributed by atoms with Gasteiger partial charge in [0.25, 0.3) is 0 Å². The Morgan fingerprint density at radius 1 is 1.17 bits per heavy atom. The Labute approximate surface area is 210 Å². The molecule has 1 atom stereocenters. The summed E-state index contributed by atoms with van der Waals surface area (Å²) in [5.41, 5.74) is 1.43. The van der Waals surface area contributed by atoms with E-state index >= 15 is 0 Å². The Balaban J connectivity index is 1.85. The molecule has 0 amide bonds. The molecule has 1 saturated carbocycles. The predicted octanol–water partition coefficient (Wildman–Crippen LogP) is 5.18. The summed E-state index contributed by atoms with van der Waals surface area (Å²) < 4.78 is 11.2. The van der Waals surface area contributed by atoms with E-state index < -0.39 is 28.2 Å². The van der Waals surface area contributed by atoms with Gasteiger partial charge in [-0.05, 0) is 56.1 Å². The lowest BCUT2D eigenvalue weighted by Gasteiger charge is -2.39. The summed E-state index contributed by atoms with van der Waals surface area (Å²) in [5, 5.41) is 25.4. The van der Waals surface area contributed by atoms with E-state index in [1.165, 1.54) is 19.2 Å². The Bertz CT molecular complexity index is 1160. The van der Waals surface area contributed by atoms with Crippen molar-refractivity contribution in [2.75, 3.05) is 7.11 Å². The molecule has 1 heterocycles. The molecule has 9 nitrogen and oxygen atoms in total. The molecule has 194 valence electrons. The van der Waals surface area contributed by atoms with Crippen molar-refractivity contribution in [1.82, 2.24) is 5.32 Å². The summed E-state index contributed by atoms with van der Waals surface area (Å²) in [6.45, 7) is 5.78. The van der Waals surface area contributed by atoms with Gasteiger partial charge in [0.2, 0.25) is 5.75 Å². The third kappa shape index (κ3) is 4.96. The van der Waals surface area contributed by atoms with E-state index in [1.807, 2.05) is 13.8 Å². The van der Waals surface area contributed by atoms with Crippen molar-refractivity contribution in [2.24, 2.45) is 5.41 Å². The van der Waals surface area contributed by atoms with E-state index in [4.69, 9.17) is 9.47 Å². The average Bonchev–Trinajstić information content (AvgIpc) is 3.05. The molecule has 0 radical (unpaired) electrons. The zero-order valence-corrected chi connectivity index (χ0v) is 21.3. The maximum atomic E-state index is 13.7. The second-order valence-corrected chi connectivity index (χ2v) is 10.8. The van der Waals surface area contributed by atoms with Crippen LogP contribution >= 0.6 is 0 Å². The van der Waals surface area contributed by atoms with Gasteiger partial charge in [0, 0.05) is 35.4 Å². The van der Waals surface area contributed by atoms with Crippen LogP contribution < -0.4 is 10.1 Å². The molecule has 4 rings (SSSR count). The Kier molecular flexibility index (Phi) is 7.11. The van der Waals surface area contributed by atoms with Crippen molar-refractivity contribution in [3.63, 3.8) is 0 Å². The highest BCUT2D eigenvalue weighted by atomic mass is 16.6. The van der Waals surface area contributed by atoms with Crippen molar-refractivity contribution in [1.29, 1.82) is 0 Å². The molecule has 1 fully saturated rings. The van der Waals surface area contributed by atoms with Crippen LogP contribution in [0.2, 0.25) is 0 Å². The van der Waals surface area contributed by atoms with Crippen LogP contribution in [-0.2, 0) is 14.3 Å². The van der Waals surface area contributed by atoms with Gasteiger partial charge in [-0.25, -0.2) is 4.79 Å². The molecule has 0 saturated heterocycles. The number of phenolic OH excluding ortho intramolecular Hbond substituents is 1. The first-order chi connectivity index (χ1) is 17.0. The number of nitro benzene ring substituents is 1. The van der Waals surface area contributed by atoms with Gasteiger partial charge in [-0.15, -0.1) is 0 Å². The van der Waals surface area contributed by atoms with Gasteiger partial charge in [0.15, 0.2) is 11.5 Å². The highest BCUT2D eigenvalue weighted by Gasteiger charge is 2.44. The third-order valence-corrected chi connectivity index (χ3v) is 7.36. The largest absolute Gasteiger partial charge is 0.500 e. The Morgan fingerprint density at radius 3 is 2.44 bits per heavy atom. The molecule has 2 N–H and O–H groups in total. The van der Waals surface area contributed by atoms with Gasteiger partial charge in [-0.3, -0.25) is 14.9 Å². The highest BCUT2D eigenvalue weighted by molar-refractivity contribution is 6.04. The molecule has 0 unspecified atom stereocenters. The number of phenols is 1. The number of carbonyl (C=O) groups is 2. The van der Waals surface area contributed by atoms with Crippen molar-refractivity contribution in [2.45, 2.75) is 84.2 Å². The molecular formula is C27H34N2O7. The van der Waals surface area contributed by atoms with E-state index in [2.05, 4.69) is 5.32 Å². The normalized spacial score (nSPS) is 22.4. The van der Waals surface area contributed by atoms with Crippen molar-refractivity contribution < 1.29 is 29.1 Å². The van der Waals surface area contributed by atoms with E-state index in [0.29, 0.717) is 29.0 Å². The first-order valence-corrected chi connectivity index (χ1v) is 12.5. The van der Waals surface area contributed by atoms with Gasteiger partial charge in [0.1, 0.15) is 6.10 Å². The monoisotopic (exact) mass is 498 g/mol. The summed E-state index contributed by atoms with van der Waals surface area (Å²) >= 11 is 0. The number of methoxy groups -OCH3 is 1. The predicted molar refractivity (Wildman–Crippen MR) is 133 cm³/mol. The van der Waals surface area contributed by atoms with Crippen LogP contribution in [0.15, 0.2) is 34.7 Å². The van der Waals surface area contributed by atoms with Gasteiger partial charge >= 0.3 is 11.7 Å². The summed E-state index contributed by atoms with van der Waals surface area (Å²) in [6, 6.07) is 2.68. The van der Waals surface area contributed by atoms with E-state index in [0.717, 1.165) is 38.5 Å². The SMILES string of the molecule is COc1cc([C@@H]2C(C(=O)OC3CCCCCC3)=C(C)NC3=C2C(=O)CC(C)(C)C3)cc([N+](=O)[O-])c1O. The summed E-state index contributed by atoms with van der Waals surface area (Å²) in [4.78, 5) is 38.2. The van der Waals surface area contributed by atoms with Crippen LogP contribution in [0.5, 0.6) is 11.5 Å². The molecule has 36 heavy (non-hydrogen) atoms. The molecular weight excluding hydrogens is 464 g/mol. The number of carbonyl (C=O) groups excluding carboxylic acids is 2. The molecule has 0 spiro atoms. The number of nitro groups is 1. The fraction of sp³-hybridized carbons (Fsp3) is 0.556. The first-order valence-electron chi connectivity index (χ1n) is 12.5. The van der Waals surface area contributed by atoms with Crippen LogP contribution in [0.25, 0.3) is 0 Å². The number of hydrogen-bond acceptors (Lipinski definition) is 8. The van der Waals surface area contributed by atoms with E-state index in [1.54, 1.807) is 6.92 Å². The van der Waals surface area contributed by atoms with Gasteiger partial charge < -0.3 is 19.9 Å². The number of aromatic hydroxyl groups is 1. The second-order valence-electron chi connectivity index (χ2n) is 10.8. The van der Waals surface area contributed by atoms with Crippen molar-refractivity contribution in [3.8, 4) is 11.5 Å². The van der Waals surface area contributed by atoms with Crippen LogP contribution in [0.1, 0.15) is 83.6 Å². The molecule has 9 heteroatoms. The van der Waals surface area contributed by atoms with Crippen molar-refractivity contribution >= 4 is 17.4 Å². The minimum absolute atomic E-state index is 0.0994. The first kappa shape index (κ1) is 25.7. The number of nitrogens with zero attached hydrogens (tertiary/aromatic N) is 1. The zero-order chi connectivity index (χ0) is 26.2. The smallest absolute Gasteiger partial charge is 0.337 e. The zero-order valence-electron chi connectivity index (χ0n) is 21.3. The number of hydrogen-bond donors (Lipinski definition) is 2. The Morgan fingerprint density at radius 2 is 1.83 bits per heavy atom. The fourth-order valence-corrected chi connectivity index (χ4v) is 5.69. The molecule has 2 aliphatic carbocycles. The van der Waals surface area contributed by atoms with Crippen LogP contribution in [0.3, 0.4) is 0 Å². The van der Waals surface area contributed by atoms with E-state index in [-0.39, 0.29) is 35.0 Å². The molecule has 1 aromatic carbocycles. The minimum atomic E-state index is -0.878. The number of allylic oxidation sites excluding steroid dienone is 3. The standard InChI is InChI=1S/C27H34N2O7/c1-15-22(26(32)36-17-9-7-5-6-8-10-17)23(24-18(28-15)13-27(2,3)14-20(24)30)16-11-19(29(33)34)25(31)21(12-16)35-4/h11-12,17,23,28,31H,5-10,13-14H2,1-4H3/t23-/m1/s1. The van der Waals surface area contributed by atoms with E-state index in [9.17, 15) is 24.8 Å². The number of esters is 1. The average molecular weight is 499 g/mol. The molecule has 0 aromatic heterocycles. The number of ketones is 1. The number of benzene rings is 1. The summed E-state index contributed by atoms with van der Waals surface area (Å²) in [6.07, 6.45) is 6.43. The highest BCUT2D eigenvalue weighted by Crippen LogP contribution is 2.49. The summed E-state index contributed by atoms with van der Waals surface area (Å²) in [7, 11) is 1.30. The fourth-order valence-electron chi connectivity index (χ4n) is 5.69. The Hall–Kier alpha value is -3.36. The lowest BCUT2D eigenvalue weighted by Crippen LogP contribution is -2.39. The topological polar surface area (TPSA) is 128 Å². The molecule has 0 bridgehead atoms. The van der Waals surface area contributed by atoms with Crippen LogP contribution in [-0.4, -0.2) is 35.0 Å². The van der Waals surface area contributed by atoms with Gasteiger partial charge in [0.05, 0.1) is 17.6 Å². The third-order valence-electron chi connectivity index (χ3n) is 7.36. The second kappa shape index (κ2) is 9.95. The quantitative estimate of drug-likeness (QED) is 0.246. The summed E-state index contributed by atoms with van der Waals surface area (Å²) in [5.74, 6) is -2.24. The number of ether oxygens (including phenoxy) is 2. The van der Waals surface area contributed by atoms with Gasteiger partial charge in [-0.1, -0.05) is 26.7 Å². The molecule has 1 aromatic rings. The van der Waals surface area contributed by atoms with Crippen LogP contribution in [0, 0.1) is 15.5 Å². The maximum absolute atomic E-state index is 13.7. The minimum Gasteiger partial charge on any atom is -0.500 e. The molecule has 3 aliphatic rings. The lowest BCUT2D eigenvalue weighted by molar-refractivity contribution is -0.386. The number of nitrogens with one attached hydrogen (secondary N) is 1. The molecule has 1 aliphatic heterocycles. The number of Topliss-reactive ketones (excluding diaryl/α,β-unsaturated/α-hetero) is 1.